The fraction of sp³-hybridized carbons (Fsp3) is 1.00. The van der Waals surface area contributed by atoms with Gasteiger partial charge >= 0.3 is 0 Å². The highest BCUT2D eigenvalue weighted by Gasteiger charge is 2.25. The zero-order valence-electron chi connectivity index (χ0n) is 38.5. The highest BCUT2D eigenvalue weighted by atomic mass is 32.2. The van der Waals surface area contributed by atoms with Crippen molar-refractivity contribution < 1.29 is 0 Å². The first-order valence-electron chi connectivity index (χ1n) is 27.1. The molecule has 0 saturated heterocycles. The van der Waals surface area contributed by atoms with E-state index in [-0.39, 0.29) is 0 Å². The Hall–Kier alpha value is 0.350. The second kappa shape index (κ2) is 42.5. The van der Waals surface area contributed by atoms with Crippen LogP contribution in [0.1, 0.15) is 328 Å². The Balaban J connectivity index is 1.97. The van der Waals surface area contributed by atoms with Crippen molar-refractivity contribution in [3.8, 4) is 0 Å². The van der Waals surface area contributed by atoms with Crippen molar-refractivity contribution in [1.82, 2.24) is 0 Å². The lowest BCUT2D eigenvalue weighted by Gasteiger charge is -2.31. The molecule has 0 aliphatic heterocycles. The van der Waals surface area contributed by atoms with Crippen molar-refractivity contribution in [1.29, 1.82) is 0 Å². The number of hydrogen-bond donors (Lipinski definition) is 0. The van der Waals surface area contributed by atoms with E-state index in [9.17, 15) is 0 Å². The summed E-state index contributed by atoms with van der Waals surface area (Å²) in [5.41, 5.74) is 0. The molecule has 0 aromatic rings. The molecule has 0 aromatic carbocycles. The van der Waals surface area contributed by atoms with Crippen LogP contribution in [0.2, 0.25) is 0 Å². The number of hydrogen-bond acceptors (Lipinski definition) is 1. The van der Waals surface area contributed by atoms with Gasteiger partial charge in [-0.2, -0.15) is 11.8 Å². The number of unbranched alkanes of at least 4 members (excludes halogenated alkanes) is 2. The summed E-state index contributed by atoms with van der Waals surface area (Å²) in [7, 11) is 0. The fourth-order valence-electron chi connectivity index (χ4n) is 10.3. The van der Waals surface area contributed by atoms with Gasteiger partial charge < -0.3 is 0 Å². The van der Waals surface area contributed by atoms with Crippen LogP contribution in [0.15, 0.2) is 0 Å². The quantitative estimate of drug-likeness (QED) is 0.232. The molecule has 55 heavy (non-hydrogen) atoms. The van der Waals surface area contributed by atoms with Crippen molar-refractivity contribution >= 4 is 11.8 Å². The molecule has 0 aromatic heterocycles. The smallest absolute Gasteiger partial charge is 0.00781 e. The molecular formula is C54H106S. The first kappa shape index (κ1) is 51.5. The van der Waals surface area contributed by atoms with Gasteiger partial charge in [0.2, 0.25) is 0 Å². The molecular weight excluding hydrogens is 681 g/mol. The predicted molar refractivity (Wildman–Crippen MR) is 255 cm³/mol. The molecule has 2 rings (SSSR count). The second-order valence-electron chi connectivity index (χ2n) is 19.6. The molecule has 2 aliphatic carbocycles. The molecule has 0 spiro atoms. The van der Waals surface area contributed by atoms with Crippen LogP contribution < -0.4 is 0 Å². The average Bonchev–Trinajstić information content (AvgIpc) is 3.19. The molecule has 0 nitrogen and oxygen atoms in total. The van der Waals surface area contributed by atoms with Gasteiger partial charge in [0, 0.05) is 10.5 Å². The second-order valence-corrected chi connectivity index (χ2v) is 21.1. The van der Waals surface area contributed by atoms with Crippen LogP contribution in [0.3, 0.4) is 0 Å². The number of rotatable bonds is 7. The van der Waals surface area contributed by atoms with E-state index in [2.05, 4.69) is 18.7 Å². The third-order valence-corrected chi connectivity index (χ3v) is 16.0. The lowest BCUT2D eigenvalue weighted by atomic mass is 9.89. The summed E-state index contributed by atoms with van der Waals surface area (Å²) in [6.45, 7) is 2.43. The van der Waals surface area contributed by atoms with Crippen molar-refractivity contribution in [2.75, 3.05) is 0 Å². The first-order chi connectivity index (χ1) is 27.4. The lowest BCUT2D eigenvalue weighted by Crippen LogP contribution is -2.22. The molecule has 1 atom stereocenters. The minimum atomic E-state index is 0.931. The van der Waals surface area contributed by atoms with E-state index < -0.39 is 0 Å². The van der Waals surface area contributed by atoms with E-state index in [0.717, 1.165) is 16.4 Å². The summed E-state index contributed by atoms with van der Waals surface area (Å²) in [6.07, 6.45) is 75.0. The first-order valence-corrected chi connectivity index (χ1v) is 28.0. The van der Waals surface area contributed by atoms with Gasteiger partial charge in [0.15, 0.2) is 0 Å². The van der Waals surface area contributed by atoms with Crippen molar-refractivity contribution in [3.05, 3.63) is 0 Å². The zero-order valence-corrected chi connectivity index (χ0v) is 39.3. The zero-order chi connectivity index (χ0) is 38.8. The third-order valence-electron chi connectivity index (χ3n) is 14.2. The van der Waals surface area contributed by atoms with Crippen LogP contribution in [0.5, 0.6) is 0 Å². The van der Waals surface area contributed by atoms with E-state index >= 15 is 0 Å². The molecule has 1 heteroatoms. The monoisotopic (exact) mass is 787 g/mol. The van der Waals surface area contributed by atoms with E-state index in [0.29, 0.717) is 0 Å². The van der Waals surface area contributed by atoms with E-state index in [1.54, 1.807) is 0 Å². The average molecular weight is 788 g/mol. The van der Waals surface area contributed by atoms with Gasteiger partial charge in [0.1, 0.15) is 0 Å². The fourth-order valence-corrected chi connectivity index (χ4v) is 12.2. The standard InChI is InChI=1S/C54H106S/c1-2-3-42-51-54(52-47-43-38-34-30-26-22-18-14-10-6-4-7-11-15-19-23-27-31-35-39-44-48-52)55-53-49-45-40-36-32-28-24-20-16-12-8-5-9-13-17-21-25-29-33-37-41-46-50-53/h52-54H,2-51H2,1H3. The van der Waals surface area contributed by atoms with E-state index in [1.165, 1.54) is 321 Å². The summed E-state index contributed by atoms with van der Waals surface area (Å²) < 4.78 is 0. The van der Waals surface area contributed by atoms with Gasteiger partial charge in [-0.3, -0.25) is 0 Å². The largest absolute Gasteiger partial charge is 0.155 e. The van der Waals surface area contributed by atoms with Crippen LogP contribution in [-0.4, -0.2) is 10.5 Å². The van der Waals surface area contributed by atoms with Crippen LogP contribution in [-0.2, 0) is 0 Å². The maximum Gasteiger partial charge on any atom is 0.00781 e. The Morgan fingerprint density at radius 3 is 0.745 bits per heavy atom. The van der Waals surface area contributed by atoms with Crippen molar-refractivity contribution in [2.24, 2.45) is 5.92 Å². The Kier molecular flexibility index (Phi) is 39.8. The molecule has 2 fully saturated rings. The van der Waals surface area contributed by atoms with Crippen LogP contribution in [0, 0.1) is 5.92 Å². The third kappa shape index (κ3) is 34.9. The summed E-state index contributed by atoms with van der Waals surface area (Å²) in [4.78, 5) is 0. The van der Waals surface area contributed by atoms with Crippen molar-refractivity contribution in [2.45, 2.75) is 338 Å². The maximum absolute atomic E-state index is 2.58. The number of thioether (sulfide) groups is 1. The van der Waals surface area contributed by atoms with E-state index in [1.807, 2.05) is 0 Å². The van der Waals surface area contributed by atoms with Crippen LogP contribution in [0.25, 0.3) is 0 Å². The van der Waals surface area contributed by atoms with Gasteiger partial charge in [-0.15, -0.1) is 0 Å². The predicted octanol–water partition coefficient (Wildman–Crippen LogP) is 20.6. The van der Waals surface area contributed by atoms with Gasteiger partial charge in [-0.25, -0.2) is 0 Å². The molecule has 2 saturated carbocycles. The van der Waals surface area contributed by atoms with Gasteiger partial charge in [-0.1, -0.05) is 296 Å². The van der Waals surface area contributed by atoms with Crippen molar-refractivity contribution in [3.63, 3.8) is 0 Å². The van der Waals surface area contributed by atoms with Crippen LogP contribution >= 0.6 is 11.8 Å². The minimum Gasteiger partial charge on any atom is -0.155 e. The molecule has 0 bridgehead atoms. The van der Waals surface area contributed by atoms with Crippen LogP contribution in [0.4, 0.5) is 0 Å². The topological polar surface area (TPSA) is 0 Å². The summed E-state index contributed by atoms with van der Waals surface area (Å²) in [5.74, 6) is 0.982. The maximum atomic E-state index is 2.58. The normalized spacial score (nSPS) is 24.2. The van der Waals surface area contributed by atoms with Gasteiger partial charge in [-0.05, 0) is 38.0 Å². The highest BCUT2D eigenvalue weighted by molar-refractivity contribution is 8.00. The summed E-state index contributed by atoms with van der Waals surface area (Å²) in [5, 5.41) is 1.86. The lowest BCUT2D eigenvalue weighted by molar-refractivity contribution is 0.374. The summed E-state index contributed by atoms with van der Waals surface area (Å²) >= 11 is 2.58. The molecule has 0 amide bonds. The molecule has 328 valence electrons. The summed E-state index contributed by atoms with van der Waals surface area (Å²) in [6, 6.07) is 0. The molecule has 0 radical (unpaired) electrons. The van der Waals surface area contributed by atoms with Gasteiger partial charge in [0.25, 0.3) is 0 Å². The molecule has 0 heterocycles. The van der Waals surface area contributed by atoms with E-state index in [4.69, 9.17) is 0 Å². The molecule has 2 aliphatic rings. The Morgan fingerprint density at radius 2 is 0.509 bits per heavy atom. The SMILES string of the molecule is CCCCCC(SC1CCCCCCCCCCCCCCCCCCCCCCC1)C1CCCCCCCCCCCCCCCCCCCCCCC1. The molecule has 0 N–H and O–H groups in total. The minimum absolute atomic E-state index is 0.931. The van der Waals surface area contributed by atoms with Gasteiger partial charge in [0.05, 0.1) is 0 Å². The Morgan fingerprint density at radius 1 is 0.291 bits per heavy atom. The Bertz CT molecular complexity index is 668. The Labute approximate surface area is 354 Å². The molecule has 1 unspecified atom stereocenters. The highest BCUT2D eigenvalue weighted by Crippen LogP contribution is 2.38.